The standard InChI is InChI=1S/C17H16N2O/c1-20-15-7-8-17-16(9-15)14(10-18)12-19(17)11-13-5-3-2-4-6-13/h2-10,12,18H,11H2,1H3. The monoisotopic (exact) mass is 264 g/mol. The first kappa shape index (κ1) is 12.5. The molecule has 3 nitrogen and oxygen atoms in total. The van der Waals surface area contributed by atoms with Crippen molar-refractivity contribution in [1.82, 2.24) is 4.57 Å². The maximum absolute atomic E-state index is 7.57. The van der Waals surface area contributed by atoms with Crippen molar-refractivity contribution in [3.05, 3.63) is 65.9 Å². The molecule has 0 unspecified atom stereocenters. The highest BCUT2D eigenvalue weighted by Crippen LogP contribution is 2.25. The summed E-state index contributed by atoms with van der Waals surface area (Å²) in [5.41, 5.74) is 3.28. The van der Waals surface area contributed by atoms with Gasteiger partial charge >= 0.3 is 0 Å². The number of nitrogens with zero attached hydrogens (tertiary/aromatic N) is 1. The van der Waals surface area contributed by atoms with Crippen LogP contribution in [0.1, 0.15) is 11.1 Å². The highest BCUT2D eigenvalue weighted by atomic mass is 16.5. The van der Waals surface area contributed by atoms with Crippen LogP contribution in [-0.4, -0.2) is 17.9 Å². The Kier molecular flexibility index (Phi) is 3.25. The van der Waals surface area contributed by atoms with Crippen LogP contribution in [0, 0.1) is 5.41 Å². The number of hydrogen-bond donors (Lipinski definition) is 1. The van der Waals surface area contributed by atoms with E-state index >= 15 is 0 Å². The van der Waals surface area contributed by atoms with Gasteiger partial charge in [0.2, 0.25) is 0 Å². The minimum absolute atomic E-state index is 0.803. The zero-order valence-corrected chi connectivity index (χ0v) is 11.3. The second-order valence-corrected chi connectivity index (χ2v) is 4.73. The van der Waals surface area contributed by atoms with Crippen LogP contribution in [0.2, 0.25) is 0 Å². The van der Waals surface area contributed by atoms with Gasteiger partial charge in [-0.15, -0.1) is 0 Å². The van der Waals surface area contributed by atoms with E-state index in [1.165, 1.54) is 11.8 Å². The lowest BCUT2D eigenvalue weighted by atomic mass is 10.2. The fraction of sp³-hybridized carbons (Fsp3) is 0.118. The number of ether oxygens (including phenoxy) is 1. The molecule has 0 aliphatic rings. The van der Waals surface area contributed by atoms with Gasteiger partial charge in [-0.3, -0.25) is 0 Å². The number of benzene rings is 2. The van der Waals surface area contributed by atoms with Gasteiger partial charge < -0.3 is 14.7 Å². The molecule has 0 bridgehead atoms. The number of nitrogens with one attached hydrogen (secondary N) is 1. The first-order valence-electron chi connectivity index (χ1n) is 6.53. The van der Waals surface area contributed by atoms with E-state index in [4.69, 9.17) is 10.1 Å². The van der Waals surface area contributed by atoms with Gasteiger partial charge in [0.1, 0.15) is 5.75 Å². The average molecular weight is 264 g/mol. The molecule has 3 rings (SSSR count). The lowest BCUT2D eigenvalue weighted by Crippen LogP contribution is -1.97. The molecule has 20 heavy (non-hydrogen) atoms. The van der Waals surface area contributed by atoms with Gasteiger partial charge in [0.05, 0.1) is 7.11 Å². The third-order valence-corrected chi connectivity index (χ3v) is 3.47. The molecule has 3 heteroatoms. The van der Waals surface area contributed by atoms with Gasteiger partial charge in [-0.1, -0.05) is 30.3 Å². The normalized spacial score (nSPS) is 10.7. The Bertz CT molecular complexity index is 744. The third kappa shape index (κ3) is 2.18. The van der Waals surface area contributed by atoms with Gasteiger partial charge in [-0.25, -0.2) is 0 Å². The number of rotatable bonds is 4. The molecule has 1 aromatic heterocycles. The van der Waals surface area contributed by atoms with E-state index in [0.717, 1.165) is 28.8 Å². The predicted octanol–water partition coefficient (Wildman–Crippen LogP) is 3.70. The maximum atomic E-state index is 7.57. The molecule has 2 aromatic carbocycles. The Labute approximate surface area is 117 Å². The van der Waals surface area contributed by atoms with E-state index in [0.29, 0.717) is 0 Å². The van der Waals surface area contributed by atoms with Crippen LogP contribution in [0.4, 0.5) is 0 Å². The Morgan fingerprint density at radius 2 is 1.95 bits per heavy atom. The van der Waals surface area contributed by atoms with Gasteiger partial charge in [-0.05, 0) is 23.8 Å². The van der Waals surface area contributed by atoms with Crippen LogP contribution >= 0.6 is 0 Å². The summed E-state index contributed by atoms with van der Waals surface area (Å²) < 4.78 is 7.44. The molecule has 0 saturated carbocycles. The zero-order valence-electron chi connectivity index (χ0n) is 11.3. The van der Waals surface area contributed by atoms with Crippen LogP contribution in [0.5, 0.6) is 5.75 Å². The highest BCUT2D eigenvalue weighted by molar-refractivity contribution is 5.99. The second-order valence-electron chi connectivity index (χ2n) is 4.73. The van der Waals surface area contributed by atoms with E-state index in [1.807, 2.05) is 42.6 Å². The van der Waals surface area contributed by atoms with E-state index in [-0.39, 0.29) is 0 Å². The molecule has 0 aliphatic heterocycles. The molecule has 0 spiro atoms. The summed E-state index contributed by atoms with van der Waals surface area (Å²) in [5, 5.41) is 8.62. The van der Waals surface area contributed by atoms with Crippen LogP contribution in [-0.2, 0) is 6.54 Å². The lowest BCUT2D eigenvalue weighted by molar-refractivity contribution is 0.415. The largest absolute Gasteiger partial charge is 0.497 e. The number of aromatic nitrogens is 1. The van der Waals surface area contributed by atoms with Crippen molar-refractivity contribution in [1.29, 1.82) is 5.41 Å². The minimum Gasteiger partial charge on any atom is -0.497 e. The van der Waals surface area contributed by atoms with Crippen molar-refractivity contribution in [2.24, 2.45) is 0 Å². The molecular formula is C17H16N2O. The number of methoxy groups -OCH3 is 1. The van der Waals surface area contributed by atoms with Crippen molar-refractivity contribution in [2.45, 2.75) is 6.54 Å². The van der Waals surface area contributed by atoms with Crippen LogP contribution in [0.15, 0.2) is 54.7 Å². The Morgan fingerprint density at radius 1 is 1.15 bits per heavy atom. The molecule has 1 N–H and O–H groups in total. The molecule has 0 atom stereocenters. The Morgan fingerprint density at radius 3 is 2.65 bits per heavy atom. The van der Waals surface area contributed by atoms with Gasteiger partial charge in [0.15, 0.2) is 0 Å². The molecular weight excluding hydrogens is 248 g/mol. The highest BCUT2D eigenvalue weighted by Gasteiger charge is 2.08. The molecule has 0 aliphatic carbocycles. The van der Waals surface area contributed by atoms with Crippen molar-refractivity contribution in [2.75, 3.05) is 7.11 Å². The van der Waals surface area contributed by atoms with E-state index in [2.05, 4.69) is 16.7 Å². The maximum Gasteiger partial charge on any atom is 0.119 e. The topological polar surface area (TPSA) is 38.0 Å². The summed E-state index contributed by atoms with van der Waals surface area (Å²) in [6.45, 7) is 0.803. The summed E-state index contributed by atoms with van der Waals surface area (Å²) in [6.07, 6.45) is 3.41. The number of fused-ring (bicyclic) bond motifs is 1. The smallest absolute Gasteiger partial charge is 0.119 e. The van der Waals surface area contributed by atoms with Crippen molar-refractivity contribution >= 4 is 17.1 Å². The molecule has 0 radical (unpaired) electrons. The SMILES string of the molecule is COc1ccc2c(c1)c(C=N)cn2Cc1ccccc1. The first-order chi connectivity index (χ1) is 9.81. The fourth-order valence-corrected chi connectivity index (χ4v) is 2.46. The second kappa shape index (κ2) is 5.21. The van der Waals surface area contributed by atoms with E-state index in [1.54, 1.807) is 7.11 Å². The van der Waals surface area contributed by atoms with Gasteiger partial charge in [-0.2, -0.15) is 0 Å². The third-order valence-electron chi connectivity index (χ3n) is 3.47. The molecule has 0 fully saturated rings. The molecule has 1 heterocycles. The summed E-state index contributed by atoms with van der Waals surface area (Å²) >= 11 is 0. The minimum atomic E-state index is 0.803. The average Bonchev–Trinajstić information content (AvgIpc) is 2.85. The van der Waals surface area contributed by atoms with Gasteiger partial charge in [0, 0.05) is 35.4 Å². The van der Waals surface area contributed by atoms with Crippen molar-refractivity contribution in [3.8, 4) is 5.75 Å². The fourth-order valence-electron chi connectivity index (χ4n) is 2.46. The number of hydrogen-bond acceptors (Lipinski definition) is 2. The molecule has 100 valence electrons. The predicted molar refractivity (Wildman–Crippen MR) is 81.9 cm³/mol. The van der Waals surface area contributed by atoms with Gasteiger partial charge in [0.25, 0.3) is 0 Å². The van der Waals surface area contributed by atoms with Crippen molar-refractivity contribution in [3.63, 3.8) is 0 Å². The summed E-state index contributed by atoms with van der Waals surface area (Å²) in [6, 6.07) is 16.3. The zero-order chi connectivity index (χ0) is 13.9. The molecule has 0 amide bonds. The lowest BCUT2D eigenvalue weighted by Gasteiger charge is -2.06. The van der Waals surface area contributed by atoms with E-state index in [9.17, 15) is 0 Å². The van der Waals surface area contributed by atoms with Crippen LogP contribution in [0.25, 0.3) is 10.9 Å². The first-order valence-corrected chi connectivity index (χ1v) is 6.53. The van der Waals surface area contributed by atoms with Crippen molar-refractivity contribution < 1.29 is 4.74 Å². The Hall–Kier alpha value is -2.55. The molecule has 0 saturated heterocycles. The summed E-state index contributed by atoms with van der Waals surface area (Å²) in [4.78, 5) is 0. The van der Waals surface area contributed by atoms with Crippen LogP contribution < -0.4 is 4.74 Å². The quantitative estimate of drug-likeness (QED) is 0.717. The molecule has 3 aromatic rings. The summed E-state index contributed by atoms with van der Waals surface area (Å²) in [7, 11) is 1.66. The summed E-state index contributed by atoms with van der Waals surface area (Å²) in [5.74, 6) is 0.818. The Balaban J connectivity index is 2.09. The van der Waals surface area contributed by atoms with E-state index < -0.39 is 0 Å². The van der Waals surface area contributed by atoms with Crippen LogP contribution in [0.3, 0.4) is 0 Å².